The molecule has 0 bridgehead atoms. The second-order valence-corrected chi connectivity index (χ2v) is 5.68. The molecule has 1 N–H and O–H groups in total. The number of hydrogen-bond donors (Lipinski definition) is 1. The molecule has 0 fully saturated rings. The van der Waals surface area contributed by atoms with E-state index in [1.54, 1.807) is 18.4 Å². The Hall–Kier alpha value is -1.03. The number of benzene rings is 1. The van der Waals surface area contributed by atoms with E-state index in [0.717, 1.165) is 16.6 Å². The quantitative estimate of drug-likeness (QED) is 0.884. The van der Waals surface area contributed by atoms with Crippen molar-refractivity contribution >= 4 is 22.9 Å². The van der Waals surface area contributed by atoms with E-state index in [0.29, 0.717) is 6.04 Å². The van der Waals surface area contributed by atoms with Gasteiger partial charge in [0.05, 0.1) is 11.4 Å². The third-order valence-electron chi connectivity index (χ3n) is 2.86. The van der Waals surface area contributed by atoms with Crippen LogP contribution in [0.25, 0.3) is 0 Å². The van der Waals surface area contributed by atoms with Crippen LogP contribution in [0.5, 0.6) is 5.75 Å². The van der Waals surface area contributed by atoms with Crippen molar-refractivity contribution in [1.82, 2.24) is 5.32 Å². The van der Waals surface area contributed by atoms with E-state index in [1.807, 2.05) is 18.2 Å². The Morgan fingerprint density at radius 3 is 2.61 bits per heavy atom. The number of nitrogens with one attached hydrogen (secondary N) is 1. The Morgan fingerprint density at radius 2 is 2.06 bits per heavy atom. The summed E-state index contributed by atoms with van der Waals surface area (Å²) in [6.45, 7) is 2.97. The van der Waals surface area contributed by atoms with Crippen molar-refractivity contribution in [1.29, 1.82) is 0 Å². The highest BCUT2D eigenvalue weighted by Crippen LogP contribution is 2.24. The van der Waals surface area contributed by atoms with Crippen molar-refractivity contribution in [3.05, 3.63) is 51.2 Å². The topological polar surface area (TPSA) is 21.3 Å². The van der Waals surface area contributed by atoms with Crippen molar-refractivity contribution in [2.75, 3.05) is 7.11 Å². The van der Waals surface area contributed by atoms with Crippen LogP contribution in [0, 0.1) is 0 Å². The molecule has 0 spiro atoms. The summed E-state index contributed by atoms with van der Waals surface area (Å²) in [5.74, 6) is 0.886. The van der Waals surface area contributed by atoms with Gasteiger partial charge in [0.25, 0.3) is 0 Å². The number of halogens is 1. The molecule has 1 aromatic carbocycles. The number of thiophene rings is 1. The van der Waals surface area contributed by atoms with Crippen LogP contribution >= 0.6 is 22.9 Å². The first-order chi connectivity index (χ1) is 8.69. The van der Waals surface area contributed by atoms with Gasteiger partial charge in [-0.2, -0.15) is 0 Å². The summed E-state index contributed by atoms with van der Waals surface area (Å²) in [6.07, 6.45) is 0. The van der Waals surface area contributed by atoms with Gasteiger partial charge in [0.1, 0.15) is 5.75 Å². The molecule has 0 aliphatic rings. The lowest BCUT2D eigenvalue weighted by molar-refractivity contribution is 0.414. The lowest BCUT2D eigenvalue weighted by atomic mass is 10.1. The molecule has 18 heavy (non-hydrogen) atoms. The molecule has 96 valence electrons. The summed E-state index contributed by atoms with van der Waals surface area (Å²) in [5, 5.41) is 5.56. The fourth-order valence-electron chi connectivity index (χ4n) is 1.68. The maximum Gasteiger partial charge on any atom is 0.118 e. The van der Waals surface area contributed by atoms with Gasteiger partial charge in [-0.05, 0) is 41.6 Å². The van der Waals surface area contributed by atoms with Crippen molar-refractivity contribution < 1.29 is 4.74 Å². The average Bonchev–Trinajstić information content (AvgIpc) is 2.83. The van der Waals surface area contributed by atoms with Crippen molar-refractivity contribution in [2.24, 2.45) is 0 Å². The molecule has 0 aliphatic heterocycles. The number of ether oxygens (including phenoxy) is 1. The zero-order valence-electron chi connectivity index (χ0n) is 10.4. The molecule has 0 aliphatic carbocycles. The third kappa shape index (κ3) is 3.48. The van der Waals surface area contributed by atoms with Gasteiger partial charge in [-0.3, -0.25) is 0 Å². The molecule has 1 heterocycles. The van der Waals surface area contributed by atoms with Gasteiger partial charge in [0.15, 0.2) is 0 Å². The van der Waals surface area contributed by atoms with E-state index in [-0.39, 0.29) is 0 Å². The maximum absolute atomic E-state index is 5.93. The zero-order valence-corrected chi connectivity index (χ0v) is 12.0. The molecule has 2 rings (SSSR count). The van der Waals surface area contributed by atoms with Crippen molar-refractivity contribution in [3.63, 3.8) is 0 Å². The van der Waals surface area contributed by atoms with E-state index in [4.69, 9.17) is 16.3 Å². The van der Waals surface area contributed by atoms with Gasteiger partial charge in [0, 0.05) is 12.6 Å². The standard InChI is InChI=1S/C14H16ClNOS/c1-10(12-7-14(15)18-9-12)16-8-11-3-5-13(17-2)6-4-11/h3-7,9-10,16H,8H2,1-2H3. The van der Waals surface area contributed by atoms with Crippen LogP contribution in [-0.4, -0.2) is 7.11 Å². The van der Waals surface area contributed by atoms with Crippen LogP contribution in [0.4, 0.5) is 0 Å². The normalized spacial score (nSPS) is 12.4. The Balaban J connectivity index is 1.90. The summed E-state index contributed by atoms with van der Waals surface area (Å²) in [5.41, 5.74) is 2.47. The molecule has 4 heteroatoms. The number of rotatable bonds is 5. The predicted molar refractivity (Wildman–Crippen MR) is 77.6 cm³/mol. The SMILES string of the molecule is COc1ccc(CNC(C)c2csc(Cl)c2)cc1. The molecule has 1 unspecified atom stereocenters. The molecule has 1 aromatic heterocycles. The Kier molecular flexibility index (Phi) is 4.64. The highest BCUT2D eigenvalue weighted by atomic mass is 35.5. The molecule has 1 atom stereocenters. The first kappa shape index (κ1) is 13.4. The van der Waals surface area contributed by atoms with E-state index >= 15 is 0 Å². The third-order valence-corrected chi connectivity index (χ3v) is 3.97. The maximum atomic E-state index is 5.93. The van der Waals surface area contributed by atoms with Crippen LogP contribution < -0.4 is 10.1 Å². The monoisotopic (exact) mass is 281 g/mol. The van der Waals surface area contributed by atoms with E-state index in [9.17, 15) is 0 Å². The van der Waals surface area contributed by atoms with Gasteiger partial charge < -0.3 is 10.1 Å². The molecular weight excluding hydrogens is 266 g/mol. The summed E-state index contributed by atoms with van der Waals surface area (Å²) in [6, 6.07) is 10.4. The highest BCUT2D eigenvalue weighted by molar-refractivity contribution is 7.14. The molecule has 2 nitrogen and oxygen atoms in total. The Morgan fingerprint density at radius 1 is 1.33 bits per heavy atom. The second-order valence-electron chi connectivity index (χ2n) is 4.13. The summed E-state index contributed by atoms with van der Waals surface area (Å²) in [4.78, 5) is 0. The highest BCUT2D eigenvalue weighted by Gasteiger charge is 2.07. The van der Waals surface area contributed by atoms with E-state index in [1.165, 1.54) is 11.1 Å². The largest absolute Gasteiger partial charge is 0.497 e. The summed E-state index contributed by atoms with van der Waals surface area (Å²) in [7, 11) is 1.68. The van der Waals surface area contributed by atoms with Gasteiger partial charge in [0.2, 0.25) is 0 Å². The first-order valence-electron chi connectivity index (χ1n) is 5.79. The number of hydrogen-bond acceptors (Lipinski definition) is 3. The van der Waals surface area contributed by atoms with Crippen LogP contribution in [0.2, 0.25) is 4.34 Å². The van der Waals surface area contributed by atoms with E-state index < -0.39 is 0 Å². The Bertz CT molecular complexity index is 495. The molecule has 0 radical (unpaired) electrons. The fraction of sp³-hybridized carbons (Fsp3) is 0.286. The summed E-state index contributed by atoms with van der Waals surface area (Å²) >= 11 is 7.50. The zero-order chi connectivity index (χ0) is 13.0. The van der Waals surface area contributed by atoms with Crippen LogP contribution in [0.15, 0.2) is 35.7 Å². The minimum absolute atomic E-state index is 0.302. The second kappa shape index (κ2) is 6.23. The minimum atomic E-state index is 0.302. The molecule has 0 amide bonds. The molecule has 0 saturated heterocycles. The molecule has 2 aromatic rings. The van der Waals surface area contributed by atoms with Gasteiger partial charge in [-0.15, -0.1) is 11.3 Å². The molecule has 0 saturated carbocycles. The first-order valence-corrected chi connectivity index (χ1v) is 7.05. The van der Waals surface area contributed by atoms with Crippen molar-refractivity contribution in [3.8, 4) is 5.75 Å². The lowest BCUT2D eigenvalue weighted by Crippen LogP contribution is -2.17. The predicted octanol–water partition coefficient (Wildman–Crippen LogP) is 4.26. The van der Waals surface area contributed by atoms with Crippen LogP contribution in [-0.2, 0) is 6.54 Å². The minimum Gasteiger partial charge on any atom is -0.497 e. The van der Waals surface area contributed by atoms with Crippen molar-refractivity contribution in [2.45, 2.75) is 19.5 Å². The Labute approximate surface area is 117 Å². The smallest absolute Gasteiger partial charge is 0.118 e. The van der Waals surface area contributed by atoms with Crippen LogP contribution in [0.1, 0.15) is 24.1 Å². The lowest BCUT2D eigenvalue weighted by Gasteiger charge is -2.12. The average molecular weight is 282 g/mol. The number of methoxy groups -OCH3 is 1. The van der Waals surface area contributed by atoms with Gasteiger partial charge in [-0.25, -0.2) is 0 Å². The van der Waals surface area contributed by atoms with Gasteiger partial charge >= 0.3 is 0 Å². The molecular formula is C14H16ClNOS. The van der Waals surface area contributed by atoms with Crippen LogP contribution in [0.3, 0.4) is 0 Å². The van der Waals surface area contributed by atoms with E-state index in [2.05, 4.69) is 29.8 Å². The fourth-order valence-corrected chi connectivity index (χ4v) is 2.67. The van der Waals surface area contributed by atoms with Gasteiger partial charge in [-0.1, -0.05) is 23.7 Å². The summed E-state index contributed by atoms with van der Waals surface area (Å²) < 4.78 is 5.97.